The van der Waals surface area contributed by atoms with Crippen LogP contribution >= 0.6 is 0 Å². The van der Waals surface area contributed by atoms with Crippen LogP contribution in [0.25, 0.3) is 5.65 Å². The molecule has 1 amide bonds. The topological polar surface area (TPSA) is 75.5 Å². The lowest BCUT2D eigenvalue weighted by Gasteiger charge is -2.05. The van der Waals surface area contributed by atoms with E-state index in [2.05, 4.69) is 15.6 Å². The normalized spacial score (nSPS) is 10.5. The molecule has 94 valence electrons. The summed E-state index contributed by atoms with van der Waals surface area (Å²) in [6, 6.07) is 5.22. The molecular formula is C12H14N4O2. The molecular weight excluding hydrogens is 232 g/mol. The van der Waals surface area contributed by atoms with Crippen molar-refractivity contribution in [2.75, 3.05) is 20.1 Å². The highest BCUT2D eigenvalue weighted by Crippen LogP contribution is 1.97. The van der Waals surface area contributed by atoms with E-state index in [4.69, 9.17) is 0 Å². The Balaban J connectivity index is 2.31. The lowest BCUT2D eigenvalue weighted by Crippen LogP contribution is -2.35. The quantitative estimate of drug-likeness (QED) is 0.723. The molecule has 0 spiro atoms. The molecule has 0 radical (unpaired) electrons. The maximum Gasteiger partial charge on any atom is 0.270 e. The number of aromatic nitrogens is 2. The van der Waals surface area contributed by atoms with Gasteiger partial charge in [-0.05, 0) is 19.2 Å². The zero-order valence-electron chi connectivity index (χ0n) is 10.0. The van der Waals surface area contributed by atoms with Gasteiger partial charge in [-0.25, -0.2) is 4.98 Å². The van der Waals surface area contributed by atoms with Gasteiger partial charge in [-0.2, -0.15) is 0 Å². The fraction of sp³-hybridized carbons (Fsp3) is 0.250. The van der Waals surface area contributed by atoms with Crippen LogP contribution in [0.5, 0.6) is 0 Å². The molecule has 0 aromatic carbocycles. The molecule has 2 rings (SSSR count). The van der Waals surface area contributed by atoms with Crippen molar-refractivity contribution in [2.45, 2.75) is 0 Å². The van der Waals surface area contributed by atoms with Crippen LogP contribution in [0.1, 0.15) is 10.4 Å². The van der Waals surface area contributed by atoms with Gasteiger partial charge in [0, 0.05) is 25.5 Å². The van der Waals surface area contributed by atoms with Crippen molar-refractivity contribution in [1.29, 1.82) is 0 Å². The van der Waals surface area contributed by atoms with Crippen molar-refractivity contribution in [3.8, 4) is 0 Å². The van der Waals surface area contributed by atoms with Gasteiger partial charge in [0.15, 0.2) is 0 Å². The number of likely N-dealkylation sites (N-methyl/N-ethyl adjacent to an activating group) is 1. The second-order valence-corrected chi connectivity index (χ2v) is 3.77. The first-order valence-corrected chi connectivity index (χ1v) is 5.63. The van der Waals surface area contributed by atoms with Crippen LogP contribution in [-0.4, -0.2) is 35.4 Å². The maximum absolute atomic E-state index is 12.0. The Morgan fingerprint density at radius 3 is 3.00 bits per heavy atom. The van der Waals surface area contributed by atoms with Crippen LogP contribution in [0, 0.1) is 0 Å². The number of carbonyl (C=O) groups is 1. The van der Waals surface area contributed by atoms with Gasteiger partial charge in [0.25, 0.3) is 11.5 Å². The molecule has 0 aliphatic rings. The summed E-state index contributed by atoms with van der Waals surface area (Å²) in [4.78, 5) is 27.9. The van der Waals surface area contributed by atoms with E-state index in [1.807, 2.05) is 0 Å². The monoisotopic (exact) mass is 246 g/mol. The van der Waals surface area contributed by atoms with Crippen molar-refractivity contribution < 1.29 is 4.79 Å². The highest BCUT2D eigenvalue weighted by molar-refractivity contribution is 5.93. The number of pyridine rings is 1. The third-order valence-corrected chi connectivity index (χ3v) is 2.52. The summed E-state index contributed by atoms with van der Waals surface area (Å²) in [6.45, 7) is 1.11. The summed E-state index contributed by atoms with van der Waals surface area (Å²) in [7, 11) is 1.79. The van der Waals surface area contributed by atoms with E-state index < -0.39 is 5.91 Å². The molecule has 2 aromatic rings. The van der Waals surface area contributed by atoms with Crippen LogP contribution in [-0.2, 0) is 0 Å². The van der Waals surface area contributed by atoms with Crippen LogP contribution in [0.3, 0.4) is 0 Å². The summed E-state index contributed by atoms with van der Waals surface area (Å²) in [5.74, 6) is -0.402. The fourth-order valence-electron chi connectivity index (χ4n) is 1.58. The number of fused-ring (bicyclic) bond motifs is 1. The van der Waals surface area contributed by atoms with Gasteiger partial charge in [-0.3, -0.25) is 14.0 Å². The number of nitrogens with one attached hydrogen (secondary N) is 2. The predicted molar refractivity (Wildman–Crippen MR) is 67.7 cm³/mol. The van der Waals surface area contributed by atoms with Crippen LogP contribution in [0.4, 0.5) is 0 Å². The molecule has 0 saturated carbocycles. The first-order chi connectivity index (χ1) is 8.74. The molecule has 0 saturated heterocycles. The highest BCUT2D eigenvalue weighted by atomic mass is 16.2. The fourth-order valence-corrected chi connectivity index (χ4v) is 1.58. The van der Waals surface area contributed by atoms with Gasteiger partial charge in [-0.15, -0.1) is 0 Å². The Kier molecular flexibility index (Phi) is 3.69. The zero-order chi connectivity index (χ0) is 13.0. The zero-order valence-corrected chi connectivity index (χ0v) is 10.0. The average molecular weight is 246 g/mol. The highest BCUT2D eigenvalue weighted by Gasteiger charge is 2.11. The van der Waals surface area contributed by atoms with E-state index >= 15 is 0 Å². The summed E-state index contributed by atoms with van der Waals surface area (Å²) >= 11 is 0. The molecule has 0 fully saturated rings. The molecule has 2 aromatic heterocycles. The molecule has 0 atom stereocenters. The second-order valence-electron chi connectivity index (χ2n) is 3.77. The number of amides is 1. The Hall–Kier alpha value is -2.21. The van der Waals surface area contributed by atoms with Crippen molar-refractivity contribution >= 4 is 11.6 Å². The summed E-state index contributed by atoms with van der Waals surface area (Å²) in [5.41, 5.74) is 0.214. The van der Waals surface area contributed by atoms with E-state index in [1.165, 1.54) is 10.6 Å². The molecule has 0 aliphatic heterocycles. The SMILES string of the molecule is CNCCNC(=O)c1cnc2ccccn2c1=O. The van der Waals surface area contributed by atoms with Gasteiger partial charge >= 0.3 is 0 Å². The lowest BCUT2D eigenvalue weighted by atomic mass is 10.3. The van der Waals surface area contributed by atoms with Gasteiger partial charge in [0.05, 0.1) is 0 Å². The van der Waals surface area contributed by atoms with Gasteiger partial charge < -0.3 is 10.6 Å². The van der Waals surface area contributed by atoms with E-state index in [1.54, 1.807) is 31.4 Å². The summed E-state index contributed by atoms with van der Waals surface area (Å²) in [5, 5.41) is 5.56. The molecule has 2 heterocycles. The summed E-state index contributed by atoms with van der Waals surface area (Å²) < 4.78 is 1.35. The van der Waals surface area contributed by atoms with E-state index in [0.717, 1.165) is 0 Å². The third-order valence-electron chi connectivity index (χ3n) is 2.52. The largest absolute Gasteiger partial charge is 0.351 e. The Labute approximate surface area is 104 Å². The molecule has 6 heteroatoms. The van der Waals surface area contributed by atoms with E-state index in [0.29, 0.717) is 18.7 Å². The number of nitrogens with zero attached hydrogens (tertiary/aromatic N) is 2. The Morgan fingerprint density at radius 1 is 1.39 bits per heavy atom. The summed E-state index contributed by atoms with van der Waals surface area (Å²) in [6.07, 6.45) is 2.90. The second kappa shape index (κ2) is 5.42. The Morgan fingerprint density at radius 2 is 2.22 bits per heavy atom. The minimum atomic E-state index is -0.402. The van der Waals surface area contributed by atoms with E-state index in [9.17, 15) is 9.59 Å². The van der Waals surface area contributed by atoms with E-state index in [-0.39, 0.29) is 11.1 Å². The van der Waals surface area contributed by atoms with Crippen molar-refractivity contribution in [2.24, 2.45) is 0 Å². The standard InChI is InChI=1S/C12H14N4O2/c1-13-5-6-14-11(17)9-8-15-10-4-2-3-7-16(10)12(9)18/h2-4,7-8,13H,5-6H2,1H3,(H,14,17). The van der Waals surface area contributed by atoms with Gasteiger partial charge in [-0.1, -0.05) is 6.07 Å². The number of carbonyl (C=O) groups excluding carboxylic acids is 1. The van der Waals surface area contributed by atoms with Gasteiger partial charge in [0.1, 0.15) is 11.2 Å². The maximum atomic E-state index is 12.0. The molecule has 0 aliphatic carbocycles. The van der Waals surface area contributed by atoms with Crippen LogP contribution in [0.15, 0.2) is 35.4 Å². The predicted octanol–water partition coefficient (Wildman–Crippen LogP) is -0.356. The van der Waals surface area contributed by atoms with Crippen LogP contribution < -0.4 is 16.2 Å². The third kappa shape index (κ3) is 2.38. The first kappa shape index (κ1) is 12.3. The molecule has 0 unspecified atom stereocenters. The molecule has 6 nitrogen and oxygen atoms in total. The Bertz CT molecular complexity index is 621. The number of rotatable bonds is 4. The van der Waals surface area contributed by atoms with Crippen molar-refractivity contribution in [3.05, 3.63) is 46.5 Å². The lowest BCUT2D eigenvalue weighted by molar-refractivity contribution is 0.0952. The van der Waals surface area contributed by atoms with Crippen molar-refractivity contribution in [3.63, 3.8) is 0 Å². The average Bonchev–Trinajstić information content (AvgIpc) is 2.39. The number of hydrogen-bond donors (Lipinski definition) is 2. The minimum absolute atomic E-state index is 0.0507. The van der Waals surface area contributed by atoms with Crippen LogP contribution in [0.2, 0.25) is 0 Å². The number of hydrogen-bond acceptors (Lipinski definition) is 4. The molecule has 18 heavy (non-hydrogen) atoms. The molecule has 2 N–H and O–H groups in total. The molecule has 0 bridgehead atoms. The van der Waals surface area contributed by atoms with Crippen molar-refractivity contribution in [1.82, 2.24) is 20.0 Å². The minimum Gasteiger partial charge on any atom is -0.351 e. The smallest absolute Gasteiger partial charge is 0.270 e. The van der Waals surface area contributed by atoms with Gasteiger partial charge in [0.2, 0.25) is 0 Å². The first-order valence-electron chi connectivity index (χ1n) is 5.63.